The van der Waals surface area contributed by atoms with Gasteiger partial charge in [-0.25, -0.2) is 0 Å². The van der Waals surface area contributed by atoms with Gasteiger partial charge in [0.05, 0.1) is 0 Å². The van der Waals surface area contributed by atoms with Crippen molar-refractivity contribution in [2.45, 2.75) is 53.4 Å². The SMILES string of the molecule is Cc1ccc2c3c(ccc2c1)CC[C@H](C)/C3=C1/c2c(ccc3cc(C)ccc23)CC[C@@H]1C. The zero-order chi connectivity index (χ0) is 22.0. The van der Waals surface area contributed by atoms with Gasteiger partial charge in [-0.15, -0.1) is 0 Å². The van der Waals surface area contributed by atoms with Gasteiger partial charge in [-0.2, -0.15) is 0 Å². The lowest BCUT2D eigenvalue weighted by molar-refractivity contribution is 0.617. The highest BCUT2D eigenvalue weighted by molar-refractivity contribution is 6.08. The number of allylic oxidation sites excluding steroid dienone is 2. The van der Waals surface area contributed by atoms with E-state index in [-0.39, 0.29) is 0 Å². The normalized spacial score (nSPS) is 22.8. The molecule has 4 aromatic carbocycles. The van der Waals surface area contributed by atoms with Crippen LogP contribution in [-0.2, 0) is 12.8 Å². The minimum Gasteiger partial charge on any atom is -0.0587 e. The molecule has 0 N–H and O–H groups in total. The predicted octanol–water partition coefficient (Wildman–Crippen LogP) is 8.69. The van der Waals surface area contributed by atoms with Gasteiger partial charge in [0.15, 0.2) is 0 Å². The van der Waals surface area contributed by atoms with Crippen molar-refractivity contribution in [1.29, 1.82) is 0 Å². The van der Waals surface area contributed by atoms with Crippen molar-refractivity contribution in [3.63, 3.8) is 0 Å². The zero-order valence-corrected chi connectivity index (χ0v) is 19.8. The second kappa shape index (κ2) is 7.34. The summed E-state index contributed by atoms with van der Waals surface area (Å²) in [6, 6.07) is 23.6. The molecule has 0 unspecified atom stereocenters. The Morgan fingerprint density at radius 2 is 1.00 bits per heavy atom. The van der Waals surface area contributed by atoms with Crippen LogP contribution in [0.4, 0.5) is 0 Å². The van der Waals surface area contributed by atoms with Gasteiger partial charge < -0.3 is 0 Å². The lowest BCUT2D eigenvalue weighted by Gasteiger charge is -2.35. The molecule has 0 saturated heterocycles. The molecule has 0 aliphatic heterocycles. The minimum atomic E-state index is 0.582. The lowest BCUT2D eigenvalue weighted by Crippen LogP contribution is -2.19. The third kappa shape index (κ3) is 2.96. The molecule has 0 saturated carbocycles. The Kier molecular flexibility index (Phi) is 4.54. The zero-order valence-electron chi connectivity index (χ0n) is 19.8. The second-order valence-electron chi connectivity index (χ2n) is 10.4. The summed E-state index contributed by atoms with van der Waals surface area (Å²) in [5.41, 5.74) is 12.1. The van der Waals surface area contributed by atoms with Crippen LogP contribution in [0.25, 0.3) is 32.7 Å². The molecule has 0 spiro atoms. The summed E-state index contributed by atoms with van der Waals surface area (Å²) >= 11 is 0. The van der Waals surface area contributed by atoms with E-state index in [2.05, 4.69) is 88.4 Å². The molecule has 0 aromatic heterocycles. The molecule has 2 aliphatic rings. The van der Waals surface area contributed by atoms with Crippen molar-refractivity contribution in [2.75, 3.05) is 0 Å². The molecule has 0 heteroatoms. The van der Waals surface area contributed by atoms with Crippen molar-refractivity contribution in [1.82, 2.24) is 0 Å². The van der Waals surface area contributed by atoms with Crippen molar-refractivity contribution < 1.29 is 0 Å². The highest BCUT2D eigenvalue weighted by Crippen LogP contribution is 2.50. The van der Waals surface area contributed by atoms with Gasteiger partial charge >= 0.3 is 0 Å². The molecule has 0 heterocycles. The summed E-state index contributed by atoms with van der Waals surface area (Å²) in [5.74, 6) is 1.16. The molecule has 6 rings (SSSR count). The van der Waals surface area contributed by atoms with Crippen LogP contribution in [0.5, 0.6) is 0 Å². The monoisotopic (exact) mass is 416 g/mol. The fourth-order valence-corrected chi connectivity index (χ4v) is 6.37. The quantitative estimate of drug-likeness (QED) is 0.269. The number of aryl methyl sites for hydroxylation is 4. The first-order valence-corrected chi connectivity index (χ1v) is 12.3. The highest BCUT2D eigenvalue weighted by Gasteiger charge is 2.32. The average molecular weight is 417 g/mol. The Morgan fingerprint density at radius 3 is 1.44 bits per heavy atom. The minimum absolute atomic E-state index is 0.582. The summed E-state index contributed by atoms with van der Waals surface area (Å²) in [6.45, 7) is 9.34. The van der Waals surface area contributed by atoms with Crippen LogP contribution >= 0.6 is 0 Å². The predicted molar refractivity (Wildman–Crippen MR) is 139 cm³/mol. The van der Waals surface area contributed by atoms with Crippen molar-refractivity contribution in [3.8, 4) is 0 Å². The largest absolute Gasteiger partial charge is 0.0587 e. The Balaban J connectivity index is 1.75. The number of hydrogen-bond acceptors (Lipinski definition) is 0. The van der Waals surface area contributed by atoms with Crippen LogP contribution < -0.4 is 0 Å². The molecule has 0 bridgehead atoms. The van der Waals surface area contributed by atoms with Crippen molar-refractivity contribution in [3.05, 3.63) is 94.0 Å². The van der Waals surface area contributed by atoms with Crippen LogP contribution in [0.2, 0.25) is 0 Å². The van der Waals surface area contributed by atoms with Gasteiger partial charge in [-0.3, -0.25) is 0 Å². The molecular formula is C32H32. The van der Waals surface area contributed by atoms with Gasteiger partial charge in [0.25, 0.3) is 0 Å². The van der Waals surface area contributed by atoms with E-state index in [1.54, 1.807) is 22.3 Å². The number of benzene rings is 4. The first-order valence-electron chi connectivity index (χ1n) is 12.3. The Bertz CT molecular complexity index is 1310. The van der Waals surface area contributed by atoms with Crippen LogP contribution in [0.15, 0.2) is 60.7 Å². The maximum absolute atomic E-state index is 2.47. The van der Waals surface area contributed by atoms with Crippen LogP contribution in [-0.4, -0.2) is 0 Å². The maximum Gasteiger partial charge on any atom is -0.0105 e. The standard InChI is InChI=1S/C32H32/c1-19-5-15-27-25(17-19)13-11-23-9-7-21(3)29(31(23)27)30-22(4)8-10-24-12-14-26-18-20(2)6-16-28(26)32(24)30/h5-6,11-18,21-22H,7-10H2,1-4H3/b30-29-/t21-,22-/m0/s1. The van der Waals surface area contributed by atoms with E-state index in [4.69, 9.17) is 0 Å². The average Bonchev–Trinajstić information content (AvgIpc) is 2.79. The molecule has 4 aromatic rings. The third-order valence-corrected chi connectivity index (χ3v) is 8.03. The van der Waals surface area contributed by atoms with Gasteiger partial charge in [0, 0.05) is 0 Å². The number of hydrogen-bond donors (Lipinski definition) is 0. The van der Waals surface area contributed by atoms with E-state index in [1.807, 2.05) is 0 Å². The molecule has 32 heavy (non-hydrogen) atoms. The van der Waals surface area contributed by atoms with Crippen LogP contribution in [0.3, 0.4) is 0 Å². The fourth-order valence-electron chi connectivity index (χ4n) is 6.37. The van der Waals surface area contributed by atoms with E-state index in [9.17, 15) is 0 Å². The Labute approximate surface area is 192 Å². The molecule has 0 fully saturated rings. The molecule has 160 valence electrons. The Hall–Kier alpha value is -2.86. The summed E-state index contributed by atoms with van der Waals surface area (Å²) in [7, 11) is 0. The van der Waals surface area contributed by atoms with Crippen LogP contribution in [0.1, 0.15) is 60.1 Å². The maximum atomic E-state index is 2.47. The topological polar surface area (TPSA) is 0 Å². The fraction of sp³-hybridized carbons (Fsp3) is 0.312. The van der Waals surface area contributed by atoms with E-state index >= 15 is 0 Å². The first-order chi connectivity index (χ1) is 15.5. The molecular weight excluding hydrogens is 384 g/mol. The van der Waals surface area contributed by atoms with Gasteiger partial charge in [0.2, 0.25) is 0 Å². The van der Waals surface area contributed by atoms with E-state index in [1.165, 1.54) is 69.5 Å². The summed E-state index contributed by atoms with van der Waals surface area (Å²) in [6.07, 6.45) is 4.87. The summed E-state index contributed by atoms with van der Waals surface area (Å²) in [4.78, 5) is 0. The van der Waals surface area contributed by atoms with Gasteiger partial charge in [0.1, 0.15) is 0 Å². The number of fused-ring (bicyclic) bond motifs is 6. The van der Waals surface area contributed by atoms with Crippen molar-refractivity contribution >= 4 is 32.7 Å². The molecule has 2 aliphatic carbocycles. The summed E-state index contributed by atoms with van der Waals surface area (Å²) < 4.78 is 0. The summed E-state index contributed by atoms with van der Waals surface area (Å²) in [5, 5.41) is 5.65. The second-order valence-corrected chi connectivity index (χ2v) is 10.4. The Morgan fingerprint density at radius 1 is 0.562 bits per heavy atom. The van der Waals surface area contributed by atoms with Gasteiger partial charge in [-0.05, 0) is 106 Å². The third-order valence-electron chi connectivity index (χ3n) is 8.03. The van der Waals surface area contributed by atoms with E-state index < -0.39 is 0 Å². The van der Waals surface area contributed by atoms with Crippen molar-refractivity contribution in [2.24, 2.45) is 11.8 Å². The van der Waals surface area contributed by atoms with Gasteiger partial charge in [-0.1, -0.05) is 85.6 Å². The molecule has 0 nitrogen and oxygen atoms in total. The molecule has 0 radical (unpaired) electrons. The van der Waals surface area contributed by atoms with Crippen LogP contribution in [0, 0.1) is 25.7 Å². The van der Waals surface area contributed by atoms with E-state index in [0.717, 1.165) is 0 Å². The highest BCUT2D eigenvalue weighted by atomic mass is 14.4. The molecule has 2 atom stereocenters. The number of rotatable bonds is 0. The molecule has 0 amide bonds. The lowest BCUT2D eigenvalue weighted by atomic mass is 9.69. The first kappa shape index (κ1) is 19.8. The smallest absolute Gasteiger partial charge is 0.0105 e. The van der Waals surface area contributed by atoms with E-state index in [0.29, 0.717) is 11.8 Å².